The van der Waals surface area contributed by atoms with Crippen molar-refractivity contribution in [3.63, 3.8) is 0 Å². The number of benzene rings is 1. The van der Waals surface area contributed by atoms with Gasteiger partial charge in [-0.2, -0.15) is 0 Å². The van der Waals surface area contributed by atoms with Crippen LogP contribution in [0.2, 0.25) is 0 Å². The second kappa shape index (κ2) is 5.24. The van der Waals surface area contributed by atoms with Gasteiger partial charge in [0.05, 0.1) is 0 Å². The van der Waals surface area contributed by atoms with Crippen molar-refractivity contribution in [2.75, 3.05) is 6.54 Å². The normalized spacial score (nSPS) is 22.4. The van der Waals surface area contributed by atoms with E-state index in [-0.39, 0.29) is 5.91 Å². The summed E-state index contributed by atoms with van der Waals surface area (Å²) in [6, 6.07) is 6.60. The minimum Gasteiger partial charge on any atom is -0.480 e. The van der Waals surface area contributed by atoms with Gasteiger partial charge in [0.1, 0.15) is 6.04 Å². The number of carbonyl (C=O) groups is 2. The van der Waals surface area contributed by atoms with Crippen molar-refractivity contribution in [3.8, 4) is 0 Å². The number of nitrogens with one attached hydrogen (secondary N) is 1. The van der Waals surface area contributed by atoms with Crippen molar-refractivity contribution in [2.45, 2.75) is 25.8 Å². The summed E-state index contributed by atoms with van der Waals surface area (Å²) in [5.41, 5.74) is 1.45. The van der Waals surface area contributed by atoms with Gasteiger partial charge in [-0.05, 0) is 37.0 Å². The minimum absolute atomic E-state index is 0.195. The Morgan fingerprint density at radius 1 is 1.33 bits per heavy atom. The Balaban J connectivity index is 1.97. The number of fused-ring (bicyclic) bond motifs is 1. The summed E-state index contributed by atoms with van der Waals surface area (Å²) >= 11 is 0. The van der Waals surface area contributed by atoms with Gasteiger partial charge in [0, 0.05) is 29.2 Å². The minimum atomic E-state index is -0.920. The molecule has 2 atom stereocenters. The van der Waals surface area contributed by atoms with Gasteiger partial charge in [-0.3, -0.25) is 4.79 Å². The molecule has 2 aromatic rings. The molecule has 0 radical (unpaired) electrons. The average molecular weight is 286 g/mol. The molecule has 2 heterocycles. The highest BCUT2D eigenvalue weighted by molar-refractivity contribution is 6.07. The van der Waals surface area contributed by atoms with Gasteiger partial charge < -0.3 is 15.0 Å². The van der Waals surface area contributed by atoms with Crippen molar-refractivity contribution in [2.24, 2.45) is 5.92 Å². The van der Waals surface area contributed by atoms with Gasteiger partial charge in [-0.1, -0.05) is 13.0 Å². The van der Waals surface area contributed by atoms with E-state index >= 15 is 0 Å². The fraction of sp³-hybridized carbons (Fsp3) is 0.375. The third kappa shape index (κ3) is 2.39. The SMILES string of the molecule is CC1CCN(C(=O)c2cccc3[nH]ccc23)C(C(=O)O)C1. The molecule has 1 aromatic carbocycles. The van der Waals surface area contributed by atoms with E-state index in [4.69, 9.17) is 0 Å². The lowest BCUT2D eigenvalue weighted by Gasteiger charge is -2.36. The first-order valence-corrected chi connectivity index (χ1v) is 7.18. The van der Waals surface area contributed by atoms with E-state index in [2.05, 4.69) is 4.98 Å². The summed E-state index contributed by atoms with van der Waals surface area (Å²) in [7, 11) is 0. The number of aliphatic carboxylic acids is 1. The molecule has 2 unspecified atom stereocenters. The molecular weight excluding hydrogens is 268 g/mol. The highest BCUT2D eigenvalue weighted by Gasteiger charge is 2.35. The number of nitrogens with zero attached hydrogens (tertiary/aromatic N) is 1. The Morgan fingerprint density at radius 3 is 2.90 bits per heavy atom. The number of hydrogen-bond acceptors (Lipinski definition) is 2. The van der Waals surface area contributed by atoms with Crippen LogP contribution in [0.15, 0.2) is 30.5 Å². The Hall–Kier alpha value is -2.30. The predicted octanol–water partition coefficient (Wildman–Crippen LogP) is 2.49. The Bertz CT molecular complexity index is 692. The zero-order chi connectivity index (χ0) is 15.0. The zero-order valence-corrected chi connectivity index (χ0v) is 11.9. The van der Waals surface area contributed by atoms with E-state index in [1.807, 2.05) is 25.1 Å². The summed E-state index contributed by atoms with van der Waals surface area (Å²) in [4.78, 5) is 28.8. The van der Waals surface area contributed by atoms with Gasteiger partial charge in [0.2, 0.25) is 0 Å². The number of carboxylic acid groups (broad SMARTS) is 1. The number of H-pyrrole nitrogens is 1. The zero-order valence-electron chi connectivity index (χ0n) is 11.9. The number of rotatable bonds is 2. The first kappa shape index (κ1) is 13.7. The second-order valence-electron chi connectivity index (χ2n) is 5.73. The number of aromatic amines is 1. The summed E-state index contributed by atoms with van der Waals surface area (Å²) in [6.07, 6.45) is 3.15. The van der Waals surface area contributed by atoms with Gasteiger partial charge in [0.25, 0.3) is 5.91 Å². The third-order valence-corrected chi connectivity index (χ3v) is 4.24. The van der Waals surface area contributed by atoms with Crippen molar-refractivity contribution >= 4 is 22.8 Å². The monoisotopic (exact) mass is 286 g/mol. The molecule has 0 saturated carbocycles. The van der Waals surface area contributed by atoms with Crippen molar-refractivity contribution in [1.29, 1.82) is 0 Å². The largest absolute Gasteiger partial charge is 0.480 e. The first-order chi connectivity index (χ1) is 10.1. The molecule has 0 spiro atoms. The Kier molecular flexibility index (Phi) is 3.41. The standard InChI is InChI=1S/C16H18N2O3/c1-10-6-8-18(14(9-10)16(20)21)15(19)12-3-2-4-13-11(12)5-7-17-13/h2-5,7,10,14,17H,6,8-9H2,1H3,(H,20,21). The third-order valence-electron chi connectivity index (χ3n) is 4.24. The summed E-state index contributed by atoms with van der Waals surface area (Å²) in [5, 5.41) is 10.2. The summed E-state index contributed by atoms with van der Waals surface area (Å²) in [6.45, 7) is 2.53. The number of carbonyl (C=O) groups excluding carboxylic acids is 1. The molecule has 1 aliphatic rings. The van der Waals surface area contributed by atoms with Crippen LogP contribution in [0, 0.1) is 5.92 Å². The maximum absolute atomic E-state index is 12.8. The highest BCUT2D eigenvalue weighted by Crippen LogP contribution is 2.26. The number of carboxylic acids is 1. The van der Waals surface area contributed by atoms with E-state index in [0.29, 0.717) is 24.4 Å². The van der Waals surface area contributed by atoms with Gasteiger partial charge >= 0.3 is 5.97 Å². The lowest BCUT2D eigenvalue weighted by Crippen LogP contribution is -2.49. The Morgan fingerprint density at radius 2 is 2.14 bits per heavy atom. The van der Waals surface area contributed by atoms with Crippen LogP contribution < -0.4 is 0 Å². The average Bonchev–Trinajstić information content (AvgIpc) is 2.94. The second-order valence-corrected chi connectivity index (χ2v) is 5.73. The van der Waals surface area contributed by atoms with E-state index in [1.54, 1.807) is 12.3 Å². The molecule has 5 heteroatoms. The van der Waals surface area contributed by atoms with Crippen LogP contribution in [-0.2, 0) is 4.79 Å². The van der Waals surface area contributed by atoms with Crippen LogP contribution in [0.5, 0.6) is 0 Å². The van der Waals surface area contributed by atoms with Crippen molar-refractivity contribution in [3.05, 3.63) is 36.0 Å². The highest BCUT2D eigenvalue weighted by atomic mass is 16.4. The fourth-order valence-electron chi connectivity index (χ4n) is 3.05. The number of amides is 1. The van der Waals surface area contributed by atoms with Crippen LogP contribution in [0.3, 0.4) is 0 Å². The van der Waals surface area contributed by atoms with Crippen LogP contribution in [-0.4, -0.2) is 39.5 Å². The van der Waals surface area contributed by atoms with Gasteiger partial charge in [-0.15, -0.1) is 0 Å². The lowest BCUT2D eigenvalue weighted by atomic mass is 9.91. The number of piperidine rings is 1. The fourth-order valence-corrected chi connectivity index (χ4v) is 3.05. The van der Waals surface area contributed by atoms with E-state index in [1.165, 1.54) is 4.90 Å². The maximum atomic E-state index is 12.8. The van der Waals surface area contributed by atoms with Crippen molar-refractivity contribution in [1.82, 2.24) is 9.88 Å². The topological polar surface area (TPSA) is 73.4 Å². The van der Waals surface area contributed by atoms with E-state index < -0.39 is 12.0 Å². The van der Waals surface area contributed by atoms with Crippen LogP contribution >= 0.6 is 0 Å². The van der Waals surface area contributed by atoms with Crippen LogP contribution in [0.1, 0.15) is 30.1 Å². The molecule has 2 N–H and O–H groups in total. The number of aromatic nitrogens is 1. The molecule has 0 bridgehead atoms. The van der Waals surface area contributed by atoms with Gasteiger partial charge in [-0.25, -0.2) is 4.79 Å². The first-order valence-electron chi connectivity index (χ1n) is 7.18. The molecule has 110 valence electrons. The molecule has 1 aromatic heterocycles. The quantitative estimate of drug-likeness (QED) is 0.890. The predicted molar refractivity (Wildman–Crippen MR) is 79.2 cm³/mol. The molecule has 3 rings (SSSR count). The Labute approximate surface area is 122 Å². The van der Waals surface area contributed by atoms with E-state index in [0.717, 1.165) is 17.3 Å². The lowest BCUT2D eigenvalue weighted by molar-refractivity contribution is -0.144. The molecule has 1 amide bonds. The smallest absolute Gasteiger partial charge is 0.326 e. The van der Waals surface area contributed by atoms with Crippen LogP contribution in [0.4, 0.5) is 0 Å². The number of hydrogen-bond donors (Lipinski definition) is 2. The number of likely N-dealkylation sites (tertiary alicyclic amines) is 1. The molecule has 1 saturated heterocycles. The van der Waals surface area contributed by atoms with E-state index in [9.17, 15) is 14.7 Å². The molecular formula is C16H18N2O3. The molecule has 1 fully saturated rings. The maximum Gasteiger partial charge on any atom is 0.326 e. The van der Waals surface area contributed by atoms with Crippen LogP contribution in [0.25, 0.3) is 10.9 Å². The molecule has 1 aliphatic heterocycles. The summed E-state index contributed by atoms with van der Waals surface area (Å²) < 4.78 is 0. The molecule has 5 nitrogen and oxygen atoms in total. The molecule has 21 heavy (non-hydrogen) atoms. The van der Waals surface area contributed by atoms with Crippen molar-refractivity contribution < 1.29 is 14.7 Å². The summed E-state index contributed by atoms with van der Waals surface area (Å²) in [5.74, 6) is -0.783. The van der Waals surface area contributed by atoms with Gasteiger partial charge in [0.15, 0.2) is 0 Å². The molecule has 0 aliphatic carbocycles.